The average Bonchev–Trinajstić information content (AvgIpc) is 2.76. The number of benzene rings is 2. The summed E-state index contributed by atoms with van der Waals surface area (Å²) >= 11 is 6.08. The molecule has 4 rings (SSSR count). The zero-order valence-electron chi connectivity index (χ0n) is 16.4. The molecule has 0 saturated carbocycles. The lowest BCUT2D eigenvalue weighted by atomic mass is 10.2. The Morgan fingerprint density at radius 2 is 1.61 bits per heavy atom. The second-order valence-electron chi connectivity index (χ2n) is 7.09. The molecule has 1 aliphatic rings. The van der Waals surface area contributed by atoms with Crippen molar-refractivity contribution in [2.45, 2.75) is 6.18 Å². The predicted molar refractivity (Wildman–Crippen MR) is 117 cm³/mol. The van der Waals surface area contributed by atoms with E-state index in [0.29, 0.717) is 18.9 Å². The summed E-state index contributed by atoms with van der Waals surface area (Å²) in [6, 6.07) is 13.2. The topological polar surface area (TPSA) is 70.3 Å². The van der Waals surface area contributed by atoms with Crippen molar-refractivity contribution in [3.63, 3.8) is 0 Å². The van der Waals surface area contributed by atoms with Gasteiger partial charge in [-0.3, -0.25) is 0 Å². The molecule has 6 nitrogen and oxygen atoms in total. The second-order valence-corrected chi connectivity index (χ2v) is 7.49. The second kappa shape index (κ2) is 8.50. The quantitative estimate of drug-likeness (QED) is 0.597. The summed E-state index contributed by atoms with van der Waals surface area (Å²) in [5, 5.41) is 2.95. The fraction of sp³-hybridized carbons (Fsp3) is 0.238. The molecule has 0 bridgehead atoms. The molecule has 0 amide bonds. The lowest BCUT2D eigenvalue weighted by Crippen LogP contribution is -2.47. The number of nitrogens with two attached hydrogens (primary N) is 1. The highest BCUT2D eigenvalue weighted by molar-refractivity contribution is 6.33. The van der Waals surface area contributed by atoms with Crippen molar-refractivity contribution in [2.75, 3.05) is 47.0 Å². The van der Waals surface area contributed by atoms with Gasteiger partial charge >= 0.3 is 6.18 Å². The van der Waals surface area contributed by atoms with Crippen molar-refractivity contribution >= 4 is 40.3 Å². The van der Waals surface area contributed by atoms with E-state index in [0.717, 1.165) is 30.9 Å². The Labute approximate surface area is 182 Å². The molecular formula is C21H20ClF3N6. The van der Waals surface area contributed by atoms with Gasteiger partial charge in [-0.2, -0.15) is 13.2 Å². The Balaban J connectivity index is 1.52. The van der Waals surface area contributed by atoms with Crippen LogP contribution in [0.25, 0.3) is 0 Å². The molecule has 2 aromatic carbocycles. The third-order valence-electron chi connectivity index (χ3n) is 5.11. The molecule has 0 unspecified atom stereocenters. The zero-order chi connectivity index (χ0) is 22.0. The summed E-state index contributed by atoms with van der Waals surface area (Å²) < 4.78 is 39.1. The predicted octanol–water partition coefficient (Wildman–Crippen LogP) is 4.80. The Morgan fingerprint density at radius 1 is 0.935 bits per heavy atom. The third kappa shape index (κ3) is 4.61. The van der Waals surface area contributed by atoms with Gasteiger partial charge in [-0.15, -0.1) is 0 Å². The van der Waals surface area contributed by atoms with Gasteiger partial charge in [0.05, 0.1) is 16.3 Å². The van der Waals surface area contributed by atoms with Crippen LogP contribution >= 0.6 is 11.6 Å². The standard InChI is InChI=1S/C21H20ClF3N6/c22-16-7-6-14(21(23,24)25)12-17(16)29-19-18(26)20(28-13-27-19)31-10-8-30(9-11-31)15-4-2-1-3-5-15/h1-7,12-13H,8-11,26H2,(H,27,28,29). The number of aromatic nitrogens is 2. The van der Waals surface area contributed by atoms with Gasteiger partial charge in [0.25, 0.3) is 0 Å². The number of piperazine rings is 1. The van der Waals surface area contributed by atoms with Crippen molar-refractivity contribution in [2.24, 2.45) is 0 Å². The van der Waals surface area contributed by atoms with Gasteiger partial charge in [-0.1, -0.05) is 29.8 Å². The van der Waals surface area contributed by atoms with Gasteiger partial charge in [0.2, 0.25) is 0 Å². The van der Waals surface area contributed by atoms with Crippen LogP contribution in [-0.2, 0) is 6.18 Å². The van der Waals surface area contributed by atoms with Crippen molar-refractivity contribution < 1.29 is 13.2 Å². The molecule has 1 aliphatic heterocycles. The maximum absolute atomic E-state index is 13.0. The summed E-state index contributed by atoms with van der Waals surface area (Å²) in [6.45, 7) is 2.96. The largest absolute Gasteiger partial charge is 0.416 e. The lowest BCUT2D eigenvalue weighted by molar-refractivity contribution is -0.137. The summed E-state index contributed by atoms with van der Waals surface area (Å²) in [5.41, 5.74) is 6.94. The maximum atomic E-state index is 13.0. The minimum absolute atomic E-state index is 0.0711. The number of hydrogen-bond acceptors (Lipinski definition) is 6. The maximum Gasteiger partial charge on any atom is 0.416 e. The van der Waals surface area contributed by atoms with E-state index in [2.05, 4.69) is 32.3 Å². The van der Waals surface area contributed by atoms with Crippen LogP contribution < -0.4 is 20.9 Å². The Hall–Kier alpha value is -3.20. The van der Waals surface area contributed by atoms with Crippen LogP contribution in [0.4, 0.5) is 41.9 Å². The number of alkyl halides is 3. The van der Waals surface area contributed by atoms with Crippen molar-refractivity contribution in [1.29, 1.82) is 0 Å². The van der Waals surface area contributed by atoms with E-state index in [1.165, 1.54) is 12.4 Å². The number of nitrogen functional groups attached to an aromatic ring is 1. The fourth-order valence-corrected chi connectivity index (χ4v) is 3.64. The molecular weight excluding hydrogens is 429 g/mol. The molecule has 3 N–H and O–H groups in total. The highest BCUT2D eigenvalue weighted by atomic mass is 35.5. The number of rotatable bonds is 4. The van der Waals surface area contributed by atoms with E-state index in [-0.39, 0.29) is 22.2 Å². The first kappa shape index (κ1) is 21.0. The summed E-state index contributed by atoms with van der Waals surface area (Å²) in [4.78, 5) is 12.7. The number of para-hydroxylation sites is 1. The Bertz CT molecular complexity index is 1050. The van der Waals surface area contributed by atoms with E-state index in [9.17, 15) is 13.2 Å². The van der Waals surface area contributed by atoms with Crippen molar-refractivity contribution in [3.8, 4) is 0 Å². The van der Waals surface area contributed by atoms with Crippen molar-refractivity contribution in [1.82, 2.24) is 9.97 Å². The third-order valence-corrected chi connectivity index (χ3v) is 5.44. The fourth-order valence-electron chi connectivity index (χ4n) is 3.48. The summed E-state index contributed by atoms with van der Waals surface area (Å²) in [6.07, 6.45) is -3.15. The smallest absolute Gasteiger partial charge is 0.393 e. The molecule has 0 radical (unpaired) electrons. The normalized spacial score (nSPS) is 14.6. The lowest BCUT2D eigenvalue weighted by Gasteiger charge is -2.37. The Kier molecular flexibility index (Phi) is 5.77. The van der Waals surface area contributed by atoms with E-state index in [1.54, 1.807) is 0 Å². The molecule has 2 heterocycles. The molecule has 0 aliphatic carbocycles. The molecule has 0 spiro atoms. The first-order valence-electron chi connectivity index (χ1n) is 9.62. The van der Waals surface area contributed by atoms with Crippen LogP contribution in [-0.4, -0.2) is 36.1 Å². The van der Waals surface area contributed by atoms with Crippen LogP contribution in [0.5, 0.6) is 0 Å². The highest BCUT2D eigenvalue weighted by Gasteiger charge is 2.31. The van der Waals surface area contributed by atoms with Gasteiger partial charge in [0.1, 0.15) is 12.0 Å². The monoisotopic (exact) mass is 448 g/mol. The van der Waals surface area contributed by atoms with Gasteiger partial charge in [0, 0.05) is 31.9 Å². The summed E-state index contributed by atoms with van der Waals surface area (Å²) in [5.74, 6) is 0.741. The van der Waals surface area contributed by atoms with Crippen LogP contribution in [0.3, 0.4) is 0 Å². The van der Waals surface area contributed by atoms with Crippen molar-refractivity contribution in [3.05, 3.63) is 65.4 Å². The molecule has 3 aromatic rings. The van der Waals surface area contributed by atoms with E-state index in [1.807, 2.05) is 23.1 Å². The number of nitrogens with zero attached hydrogens (tertiary/aromatic N) is 4. The number of hydrogen-bond donors (Lipinski definition) is 2. The first-order chi connectivity index (χ1) is 14.8. The SMILES string of the molecule is Nc1c(Nc2cc(C(F)(F)F)ccc2Cl)ncnc1N1CCN(c2ccccc2)CC1. The van der Waals surface area contributed by atoms with Gasteiger partial charge in [-0.25, -0.2) is 9.97 Å². The Morgan fingerprint density at radius 3 is 2.29 bits per heavy atom. The number of halogens is 4. The molecule has 0 atom stereocenters. The van der Waals surface area contributed by atoms with E-state index >= 15 is 0 Å². The van der Waals surface area contributed by atoms with Crippen LogP contribution in [0.2, 0.25) is 5.02 Å². The van der Waals surface area contributed by atoms with Crippen LogP contribution in [0, 0.1) is 0 Å². The highest BCUT2D eigenvalue weighted by Crippen LogP contribution is 2.36. The minimum atomic E-state index is -4.48. The number of anilines is 5. The first-order valence-corrected chi connectivity index (χ1v) is 10.00. The molecule has 31 heavy (non-hydrogen) atoms. The minimum Gasteiger partial charge on any atom is -0.393 e. The summed E-state index contributed by atoms with van der Waals surface area (Å²) in [7, 11) is 0. The van der Waals surface area contributed by atoms with Crippen LogP contribution in [0.15, 0.2) is 54.9 Å². The molecule has 10 heteroatoms. The molecule has 1 saturated heterocycles. The molecule has 1 aromatic heterocycles. The van der Waals surface area contributed by atoms with E-state index < -0.39 is 11.7 Å². The van der Waals surface area contributed by atoms with E-state index in [4.69, 9.17) is 17.3 Å². The van der Waals surface area contributed by atoms with Gasteiger partial charge in [-0.05, 0) is 30.3 Å². The van der Waals surface area contributed by atoms with Gasteiger partial charge < -0.3 is 20.9 Å². The molecule has 1 fully saturated rings. The number of nitrogens with one attached hydrogen (secondary N) is 1. The van der Waals surface area contributed by atoms with Crippen LogP contribution in [0.1, 0.15) is 5.56 Å². The average molecular weight is 449 g/mol. The zero-order valence-corrected chi connectivity index (χ0v) is 17.2. The molecule has 162 valence electrons. The van der Waals surface area contributed by atoms with Gasteiger partial charge in [0.15, 0.2) is 11.6 Å².